The number of ether oxygens (including phenoxy) is 1. The van der Waals surface area contributed by atoms with E-state index in [0.717, 1.165) is 0 Å². The normalized spacial score (nSPS) is 25.0. The molecule has 1 heterocycles. The summed E-state index contributed by atoms with van der Waals surface area (Å²) in [6, 6.07) is 1.00. The summed E-state index contributed by atoms with van der Waals surface area (Å²) in [6.07, 6.45) is 6.18. The van der Waals surface area contributed by atoms with E-state index >= 15 is 0 Å². The van der Waals surface area contributed by atoms with Crippen molar-refractivity contribution in [3.63, 3.8) is 0 Å². The Morgan fingerprint density at radius 3 is 2.57 bits per heavy atom. The summed E-state index contributed by atoms with van der Waals surface area (Å²) in [4.78, 5) is 11.8. The zero-order chi connectivity index (χ0) is 15.3. The van der Waals surface area contributed by atoms with Crippen molar-refractivity contribution < 1.29 is 9.53 Å². The first kappa shape index (κ1) is 16.9. The second-order valence-electron chi connectivity index (χ2n) is 7.26. The van der Waals surface area contributed by atoms with Crippen LogP contribution in [0.15, 0.2) is 0 Å². The number of carbonyl (C=O) groups excluding carboxylic acids is 1. The van der Waals surface area contributed by atoms with Gasteiger partial charge in [0, 0.05) is 24.4 Å². The minimum atomic E-state index is -0.428. The van der Waals surface area contributed by atoms with E-state index in [0.29, 0.717) is 24.5 Å². The molecule has 1 saturated carbocycles. The van der Waals surface area contributed by atoms with E-state index in [9.17, 15) is 4.79 Å². The quantitative estimate of drug-likeness (QED) is 0.818. The van der Waals surface area contributed by atoms with E-state index in [2.05, 4.69) is 10.6 Å². The Hall–Kier alpha value is -0.420. The minimum Gasteiger partial charge on any atom is -0.444 e. The van der Waals surface area contributed by atoms with Crippen LogP contribution in [0.25, 0.3) is 0 Å². The van der Waals surface area contributed by atoms with Crippen LogP contribution in [0.2, 0.25) is 0 Å². The lowest BCUT2D eigenvalue weighted by Gasteiger charge is -2.29. The lowest BCUT2D eigenvalue weighted by atomic mass is 9.97. The Kier molecular flexibility index (Phi) is 6.23. The van der Waals surface area contributed by atoms with Crippen molar-refractivity contribution in [2.45, 2.75) is 70.6 Å². The number of hydrogen-bond acceptors (Lipinski definition) is 4. The van der Waals surface area contributed by atoms with Crippen LogP contribution >= 0.6 is 11.8 Å². The Morgan fingerprint density at radius 2 is 2.00 bits per heavy atom. The molecule has 2 N–H and O–H groups in total. The van der Waals surface area contributed by atoms with Crippen LogP contribution in [0.1, 0.15) is 52.9 Å². The van der Waals surface area contributed by atoms with Crippen molar-refractivity contribution in [3.05, 3.63) is 0 Å². The molecule has 1 amide bonds. The standard InChI is InChI=1S/C16H30N2O2S/c1-16(2,3)20-15(19)17-10-14(12-6-4-5-7-12)18-13-8-9-21-11-13/h12-14,18H,4-11H2,1-3H3,(H,17,19). The van der Waals surface area contributed by atoms with Gasteiger partial charge in [0.1, 0.15) is 5.60 Å². The SMILES string of the molecule is CC(C)(C)OC(=O)NCC(NC1CCSC1)C1CCCC1. The average Bonchev–Trinajstić information content (AvgIpc) is 3.05. The van der Waals surface area contributed by atoms with Gasteiger partial charge in [-0.05, 0) is 51.7 Å². The molecule has 0 aromatic heterocycles. The molecule has 1 aliphatic heterocycles. The third-order valence-corrected chi connectivity index (χ3v) is 5.38. The molecule has 0 aromatic rings. The Morgan fingerprint density at radius 1 is 1.29 bits per heavy atom. The topological polar surface area (TPSA) is 50.4 Å². The van der Waals surface area contributed by atoms with Gasteiger partial charge in [0.25, 0.3) is 0 Å². The number of hydrogen-bond donors (Lipinski definition) is 2. The number of alkyl carbamates (subject to hydrolysis) is 1. The molecule has 2 aliphatic rings. The molecule has 2 unspecified atom stereocenters. The van der Waals surface area contributed by atoms with E-state index < -0.39 is 5.60 Å². The molecular weight excluding hydrogens is 284 g/mol. The maximum Gasteiger partial charge on any atom is 0.407 e. The average molecular weight is 314 g/mol. The molecule has 0 radical (unpaired) electrons. The third-order valence-electron chi connectivity index (χ3n) is 4.21. The fourth-order valence-corrected chi connectivity index (χ4v) is 4.36. The molecule has 1 saturated heterocycles. The number of nitrogens with one attached hydrogen (secondary N) is 2. The fourth-order valence-electron chi connectivity index (χ4n) is 3.20. The summed E-state index contributed by atoms with van der Waals surface area (Å²) in [5, 5.41) is 6.74. The Balaban J connectivity index is 1.81. The largest absolute Gasteiger partial charge is 0.444 e. The van der Waals surface area contributed by atoms with Crippen molar-refractivity contribution in [1.82, 2.24) is 10.6 Å². The molecular formula is C16H30N2O2S. The van der Waals surface area contributed by atoms with Crippen LogP contribution in [0.4, 0.5) is 4.79 Å². The lowest BCUT2D eigenvalue weighted by Crippen LogP contribution is -2.49. The molecule has 1 aliphatic carbocycles. The molecule has 122 valence electrons. The summed E-state index contributed by atoms with van der Waals surface area (Å²) in [5.74, 6) is 3.16. The van der Waals surface area contributed by atoms with Gasteiger partial charge in [-0.25, -0.2) is 4.79 Å². The molecule has 5 heteroatoms. The highest BCUT2D eigenvalue weighted by Crippen LogP contribution is 2.29. The van der Waals surface area contributed by atoms with Gasteiger partial charge in [0.2, 0.25) is 0 Å². The first-order chi connectivity index (χ1) is 9.94. The summed E-state index contributed by atoms with van der Waals surface area (Å²) >= 11 is 2.02. The van der Waals surface area contributed by atoms with Gasteiger partial charge in [-0.3, -0.25) is 0 Å². The number of thioether (sulfide) groups is 1. The molecule has 2 atom stereocenters. The molecule has 2 fully saturated rings. The number of rotatable bonds is 5. The van der Waals surface area contributed by atoms with Gasteiger partial charge in [0.05, 0.1) is 0 Å². The summed E-state index contributed by atoms with van der Waals surface area (Å²) in [7, 11) is 0. The Labute approximate surface area is 133 Å². The van der Waals surface area contributed by atoms with Crippen LogP contribution < -0.4 is 10.6 Å². The van der Waals surface area contributed by atoms with Gasteiger partial charge in [0.15, 0.2) is 0 Å². The first-order valence-corrected chi connectivity index (χ1v) is 9.40. The predicted molar refractivity (Wildman–Crippen MR) is 88.8 cm³/mol. The lowest BCUT2D eigenvalue weighted by molar-refractivity contribution is 0.0517. The summed E-state index contributed by atoms with van der Waals surface area (Å²) in [6.45, 7) is 6.37. The van der Waals surface area contributed by atoms with Crippen molar-refractivity contribution in [3.8, 4) is 0 Å². The summed E-state index contributed by atoms with van der Waals surface area (Å²) in [5.41, 5.74) is -0.428. The van der Waals surface area contributed by atoms with E-state index in [1.807, 2.05) is 32.5 Å². The predicted octanol–water partition coefficient (Wildman–Crippen LogP) is 3.17. The molecule has 0 aromatic carbocycles. The van der Waals surface area contributed by atoms with E-state index in [4.69, 9.17) is 4.74 Å². The first-order valence-electron chi connectivity index (χ1n) is 8.25. The number of carbonyl (C=O) groups is 1. The van der Waals surface area contributed by atoms with Crippen molar-refractivity contribution in [2.24, 2.45) is 5.92 Å². The van der Waals surface area contributed by atoms with Gasteiger partial charge in [-0.15, -0.1) is 0 Å². The maximum atomic E-state index is 11.8. The zero-order valence-corrected chi connectivity index (χ0v) is 14.4. The highest BCUT2D eigenvalue weighted by atomic mass is 32.2. The number of amides is 1. The monoisotopic (exact) mass is 314 g/mol. The highest BCUT2D eigenvalue weighted by Gasteiger charge is 2.29. The fraction of sp³-hybridized carbons (Fsp3) is 0.938. The van der Waals surface area contributed by atoms with Crippen LogP contribution in [-0.2, 0) is 4.74 Å². The van der Waals surface area contributed by atoms with Gasteiger partial charge in [-0.2, -0.15) is 11.8 Å². The molecule has 0 bridgehead atoms. The maximum absolute atomic E-state index is 11.8. The van der Waals surface area contributed by atoms with E-state index in [-0.39, 0.29) is 6.09 Å². The van der Waals surface area contributed by atoms with Crippen LogP contribution in [0.3, 0.4) is 0 Å². The van der Waals surface area contributed by atoms with Crippen LogP contribution in [0.5, 0.6) is 0 Å². The zero-order valence-electron chi connectivity index (χ0n) is 13.6. The third kappa shape index (κ3) is 6.07. The smallest absolute Gasteiger partial charge is 0.407 e. The van der Waals surface area contributed by atoms with Crippen molar-refractivity contribution >= 4 is 17.9 Å². The van der Waals surface area contributed by atoms with Crippen molar-refractivity contribution in [2.75, 3.05) is 18.1 Å². The Bertz CT molecular complexity index is 332. The van der Waals surface area contributed by atoms with Gasteiger partial charge in [-0.1, -0.05) is 12.8 Å². The second kappa shape index (κ2) is 7.73. The molecule has 21 heavy (non-hydrogen) atoms. The van der Waals surface area contributed by atoms with Gasteiger partial charge >= 0.3 is 6.09 Å². The van der Waals surface area contributed by atoms with Crippen LogP contribution in [0, 0.1) is 5.92 Å². The summed E-state index contributed by atoms with van der Waals surface area (Å²) < 4.78 is 5.34. The molecule has 4 nitrogen and oxygen atoms in total. The second-order valence-corrected chi connectivity index (χ2v) is 8.41. The molecule has 0 spiro atoms. The minimum absolute atomic E-state index is 0.298. The van der Waals surface area contributed by atoms with E-state index in [1.54, 1.807) is 0 Å². The van der Waals surface area contributed by atoms with Gasteiger partial charge < -0.3 is 15.4 Å². The van der Waals surface area contributed by atoms with Crippen LogP contribution in [-0.4, -0.2) is 41.8 Å². The highest BCUT2D eigenvalue weighted by molar-refractivity contribution is 7.99. The van der Waals surface area contributed by atoms with E-state index in [1.165, 1.54) is 43.6 Å². The molecule has 2 rings (SSSR count). The van der Waals surface area contributed by atoms with Crippen molar-refractivity contribution in [1.29, 1.82) is 0 Å².